The Kier molecular flexibility index (Phi) is 4.69. The number of hydrogen-bond donors (Lipinski definition) is 0. The van der Waals surface area contributed by atoms with Crippen molar-refractivity contribution in [3.63, 3.8) is 0 Å². The number of esters is 1. The summed E-state index contributed by atoms with van der Waals surface area (Å²) in [4.78, 5) is 27.1. The summed E-state index contributed by atoms with van der Waals surface area (Å²) in [6.07, 6.45) is 0.790. The predicted molar refractivity (Wildman–Crippen MR) is 104 cm³/mol. The van der Waals surface area contributed by atoms with Crippen LogP contribution < -0.4 is 4.90 Å². The molecule has 28 heavy (non-hydrogen) atoms. The number of carbonyl (C=O) groups excluding carboxylic acids is 2. The summed E-state index contributed by atoms with van der Waals surface area (Å²) in [7, 11) is 0. The van der Waals surface area contributed by atoms with Gasteiger partial charge in [0.05, 0.1) is 0 Å². The summed E-state index contributed by atoms with van der Waals surface area (Å²) in [6, 6.07) is 17.1. The van der Waals surface area contributed by atoms with Crippen LogP contribution in [0.5, 0.6) is 0 Å². The molecule has 0 fully saturated rings. The molecule has 0 unspecified atom stereocenters. The molecule has 4 rings (SSSR count). The van der Waals surface area contributed by atoms with Crippen LogP contribution in [0.4, 0.5) is 5.69 Å². The maximum Gasteiger partial charge on any atom is 0.344 e. The highest BCUT2D eigenvalue weighted by molar-refractivity contribution is 6.01. The zero-order valence-electron chi connectivity index (χ0n) is 15.7. The fourth-order valence-corrected chi connectivity index (χ4v) is 3.62. The number of fused-ring (bicyclic) bond motifs is 1. The molecule has 1 atom stereocenters. The Morgan fingerprint density at radius 2 is 1.86 bits per heavy atom. The first-order valence-corrected chi connectivity index (χ1v) is 9.15. The molecular formula is C22H20N2O4. The summed E-state index contributed by atoms with van der Waals surface area (Å²) in [6.45, 7) is 3.30. The first-order chi connectivity index (χ1) is 13.6. The molecule has 0 bridgehead atoms. The molecule has 3 aromatic rings. The molecule has 2 aromatic carbocycles. The summed E-state index contributed by atoms with van der Waals surface area (Å²) >= 11 is 0. The third-order valence-corrected chi connectivity index (χ3v) is 4.92. The molecule has 2 heterocycles. The van der Waals surface area contributed by atoms with E-state index in [1.807, 2.05) is 61.5 Å². The molecule has 1 aliphatic rings. The topological polar surface area (TPSA) is 72.6 Å². The first kappa shape index (κ1) is 18.0. The van der Waals surface area contributed by atoms with Crippen molar-refractivity contribution in [3.05, 3.63) is 71.5 Å². The fourth-order valence-electron chi connectivity index (χ4n) is 3.62. The minimum atomic E-state index is -0.619. The highest BCUT2D eigenvalue weighted by Gasteiger charge is 2.31. The predicted octanol–water partition coefficient (Wildman–Crippen LogP) is 3.78. The third-order valence-electron chi connectivity index (χ3n) is 4.92. The second-order valence-corrected chi connectivity index (χ2v) is 6.85. The van der Waals surface area contributed by atoms with Crippen molar-refractivity contribution in [2.24, 2.45) is 0 Å². The van der Waals surface area contributed by atoms with Crippen LogP contribution >= 0.6 is 0 Å². The lowest BCUT2D eigenvalue weighted by Gasteiger charge is -2.22. The molecule has 0 radical (unpaired) electrons. The average molecular weight is 376 g/mol. The summed E-state index contributed by atoms with van der Waals surface area (Å²) < 4.78 is 10.5. The van der Waals surface area contributed by atoms with Gasteiger partial charge in [0, 0.05) is 17.3 Å². The number of ether oxygens (including phenoxy) is 1. The Hall–Kier alpha value is -3.41. The number of hydrogen-bond acceptors (Lipinski definition) is 5. The highest BCUT2D eigenvalue weighted by atomic mass is 16.5. The number of aromatic nitrogens is 1. The number of rotatable bonds is 4. The van der Waals surface area contributed by atoms with E-state index < -0.39 is 5.97 Å². The molecule has 1 aromatic heterocycles. The van der Waals surface area contributed by atoms with E-state index in [0.717, 1.165) is 23.2 Å². The Morgan fingerprint density at radius 1 is 1.14 bits per heavy atom. The summed E-state index contributed by atoms with van der Waals surface area (Å²) in [5.41, 5.74) is 3.40. The second-order valence-electron chi connectivity index (χ2n) is 6.85. The van der Waals surface area contributed by atoms with E-state index in [-0.39, 0.29) is 24.1 Å². The van der Waals surface area contributed by atoms with Crippen LogP contribution in [0, 0.1) is 6.92 Å². The number of benzene rings is 2. The van der Waals surface area contributed by atoms with Crippen LogP contribution in [0.2, 0.25) is 0 Å². The normalized spacial score (nSPS) is 15.4. The molecule has 0 saturated carbocycles. The Balaban J connectivity index is 1.50. The smallest absolute Gasteiger partial charge is 0.344 e. The monoisotopic (exact) mass is 376 g/mol. The number of nitrogens with zero attached hydrogens (tertiary/aromatic N) is 2. The summed E-state index contributed by atoms with van der Waals surface area (Å²) in [5, 5.41) is 3.98. The largest absolute Gasteiger partial charge is 0.452 e. The standard InChI is InChI=1S/C22H20N2O4/c1-14-12-17-10-6-7-11-18(17)24(14)19(25)13-27-22(26)20-15(2)28-23-21(20)16-8-4-3-5-9-16/h3-11,14H,12-13H2,1-2H3/t14-/m0/s1. The highest BCUT2D eigenvalue weighted by Crippen LogP contribution is 2.32. The molecule has 0 aliphatic carbocycles. The minimum absolute atomic E-state index is 0.0285. The average Bonchev–Trinajstić information content (AvgIpc) is 3.25. The van der Waals surface area contributed by atoms with Gasteiger partial charge in [0.2, 0.25) is 0 Å². The van der Waals surface area contributed by atoms with E-state index in [2.05, 4.69) is 5.16 Å². The van der Waals surface area contributed by atoms with Crippen LogP contribution in [-0.2, 0) is 16.0 Å². The zero-order chi connectivity index (χ0) is 19.7. The maximum absolute atomic E-state index is 12.7. The molecule has 0 N–H and O–H groups in total. The number of aryl methyl sites for hydroxylation is 1. The quantitative estimate of drug-likeness (QED) is 0.648. The van der Waals surface area contributed by atoms with Gasteiger partial charge in [-0.3, -0.25) is 4.79 Å². The zero-order valence-corrected chi connectivity index (χ0v) is 15.7. The number of carbonyl (C=O) groups is 2. The maximum atomic E-state index is 12.7. The van der Waals surface area contributed by atoms with Gasteiger partial charge in [0.25, 0.3) is 5.91 Å². The van der Waals surface area contributed by atoms with Crippen LogP contribution in [0.3, 0.4) is 0 Å². The Morgan fingerprint density at radius 3 is 2.64 bits per heavy atom. The minimum Gasteiger partial charge on any atom is -0.452 e. The van der Waals surface area contributed by atoms with Gasteiger partial charge in [-0.25, -0.2) is 4.79 Å². The molecule has 1 amide bonds. The van der Waals surface area contributed by atoms with E-state index in [1.165, 1.54) is 0 Å². The molecular weight excluding hydrogens is 356 g/mol. The number of anilines is 1. The van der Waals surface area contributed by atoms with Crippen LogP contribution in [-0.4, -0.2) is 29.7 Å². The van der Waals surface area contributed by atoms with Gasteiger partial charge in [-0.2, -0.15) is 0 Å². The molecule has 0 spiro atoms. The van der Waals surface area contributed by atoms with Crippen molar-refractivity contribution >= 4 is 17.6 Å². The summed E-state index contributed by atoms with van der Waals surface area (Å²) in [5.74, 6) is -0.511. The van der Waals surface area contributed by atoms with Crippen molar-refractivity contribution in [2.45, 2.75) is 26.3 Å². The Bertz CT molecular complexity index is 1030. The van der Waals surface area contributed by atoms with E-state index in [1.54, 1.807) is 11.8 Å². The van der Waals surface area contributed by atoms with Gasteiger partial charge < -0.3 is 14.2 Å². The first-order valence-electron chi connectivity index (χ1n) is 9.15. The van der Waals surface area contributed by atoms with Crippen LogP contribution in [0.15, 0.2) is 59.1 Å². The van der Waals surface area contributed by atoms with E-state index >= 15 is 0 Å². The van der Waals surface area contributed by atoms with Gasteiger partial charge in [-0.15, -0.1) is 0 Å². The van der Waals surface area contributed by atoms with Crippen LogP contribution in [0.25, 0.3) is 11.3 Å². The number of para-hydroxylation sites is 1. The third kappa shape index (κ3) is 3.17. The lowest BCUT2D eigenvalue weighted by molar-refractivity contribution is -0.122. The van der Waals surface area contributed by atoms with Crippen molar-refractivity contribution in [1.29, 1.82) is 0 Å². The number of amides is 1. The molecule has 1 aliphatic heterocycles. The molecule has 6 heteroatoms. The van der Waals surface area contributed by atoms with Crippen molar-refractivity contribution < 1.29 is 18.8 Å². The van der Waals surface area contributed by atoms with E-state index in [0.29, 0.717) is 11.5 Å². The molecule has 142 valence electrons. The van der Waals surface area contributed by atoms with Gasteiger partial charge in [0.1, 0.15) is 17.0 Å². The van der Waals surface area contributed by atoms with Gasteiger partial charge in [0.15, 0.2) is 6.61 Å². The second kappa shape index (κ2) is 7.31. The van der Waals surface area contributed by atoms with Gasteiger partial charge >= 0.3 is 5.97 Å². The SMILES string of the molecule is Cc1onc(-c2ccccc2)c1C(=O)OCC(=O)N1c2ccccc2C[C@@H]1C. The van der Waals surface area contributed by atoms with Crippen molar-refractivity contribution in [2.75, 3.05) is 11.5 Å². The lowest BCUT2D eigenvalue weighted by Crippen LogP contribution is -2.38. The lowest BCUT2D eigenvalue weighted by atomic mass is 10.1. The van der Waals surface area contributed by atoms with Gasteiger partial charge in [-0.1, -0.05) is 53.7 Å². The van der Waals surface area contributed by atoms with E-state index in [9.17, 15) is 9.59 Å². The van der Waals surface area contributed by atoms with Crippen LogP contribution in [0.1, 0.15) is 28.6 Å². The van der Waals surface area contributed by atoms with Crippen molar-refractivity contribution in [3.8, 4) is 11.3 Å². The van der Waals surface area contributed by atoms with E-state index in [4.69, 9.17) is 9.26 Å². The van der Waals surface area contributed by atoms with Gasteiger partial charge in [-0.05, 0) is 31.9 Å². The molecule has 6 nitrogen and oxygen atoms in total. The van der Waals surface area contributed by atoms with Crippen molar-refractivity contribution in [1.82, 2.24) is 5.16 Å². The Labute approximate surface area is 162 Å². The molecule has 0 saturated heterocycles. The fraction of sp³-hybridized carbons (Fsp3) is 0.227.